The fraction of sp³-hybridized carbons (Fsp3) is 0.375. The molecule has 174 valence electrons. The largest absolute Gasteiger partial charge is 0.481 e. The monoisotopic (exact) mass is 458 g/mol. The second-order valence-corrected chi connectivity index (χ2v) is 8.50. The molecule has 2 aliphatic carbocycles. The van der Waals surface area contributed by atoms with Crippen molar-refractivity contribution in [3.8, 4) is 11.1 Å². The topological polar surface area (TPSA) is 105 Å². The van der Waals surface area contributed by atoms with Crippen molar-refractivity contribution in [2.24, 2.45) is 5.92 Å². The van der Waals surface area contributed by atoms with Crippen LogP contribution in [0.5, 0.6) is 0 Å². The number of halogens is 2. The van der Waals surface area contributed by atoms with Crippen LogP contribution >= 0.6 is 0 Å². The summed E-state index contributed by atoms with van der Waals surface area (Å²) in [4.78, 5) is 35.9. The van der Waals surface area contributed by atoms with Gasteiger partial charge in [-0.2, -0.15) is 0 Å². The first-order valence-corrected chi connectivity index (χ1v) is 10.7. The molecule has 0 saturated heterocycles. The molecule has 0 radical (unpaired) electrons. The number of amides is 2. The molecule has 2 amide bonds. The maximum Gasteiger partial charge on any atom is 0.407 e. The molecule has 33 heavy (non-hydrogen) atoms. The number of ether oxygens (including phenoxy) is 1. The highest BCUT2D eigenvalue weighted by Gasteiger charge is 2.45. The van der Waals surface area contributed by atoms with Gasteiger partial charge in [-0.3, -0.25) is 9.59 Å². The smallest absolute Gasteiger partial charge is 0.407 e. The Morgan fingerprint density at radius 1 is 1.03 bits per heavy atom. The van der Waals surface area contributed by atoms with E-state index in [4.69, 9.17) is 9.84 Å². The summed E-state index contributed by atoms with van der Waals surface area (Å²) >= 11 is 0. The second kappa shape index (κ2) is 9.17. The highest BCUT2D eigenvalue weighted by atomic mass is 19.3. The third kappa shape index (κ3) is 5.13. The lowest BCUT2D eigenvalue weighted by molar-refractivity contribution is -0.140. The van der Waals surface area contributed by atoms with Gasteiger partial charge in [0.25, 0.3) is 0 Å². The van der Waals surface area contributed by atoms with E-state index in [9.17, 15) is 23.2 Å². The first-order chi connectivity index (χ1) is 15.7. The van der Waals surface area contributed by atoms with E-state index in [2.05, 4.69) is 10.6 Å². The maximum atomic E-state index is 12.9. The van der Waals surface area contributed by atoms with Crippen LogP contribution < -0.4 is 10.6 Å². The van der Waals surface area contributed by atoms with Crippen molar-refractivity contribution in [2.75, 3.05) is 13.2 Å². The highest BCUT2D eigenvalue weighted by molar-refractivity contribution is 5.89. The van der Waals surface area contributed by atoms with Crippen LogP contribution in [0.2, 0.25) is 0 Å². The van der Waals surface area contributed by atoms with E-state index < -0.39 is 36.4 Å². The van der Waals surface area contributed by atoms with Gasteiger partial charge in [-0.25, -0.2) is 13.6 Å². The van der Waals surface area contributed by atoms with Crippen molar-refractivity contribution in [3.05, 3.63) is 59.7 Å². The van der Waals surface area contributed by atoms with Crippen molar-refractivity contribution in [2.45, 2.75) is 37.1 Å². The molecule has 0 bridgehead atoms. The van der Waals surface area contributed by atoms with Gasteiger partial charge in [0.1, 0.15) is 12.6 Å². The number of benzene rings is 2. The lowest BCUT2D eigenvalue weighted by Gasteiger charge is -2.35. The number of carbonyl (C=O) groups is 3. The Labute approximate surface area is 189 Å². The average Bonchev–Trinajstić information content (AvgIpc) is 3.07. The van der Waals surface area contributed by atoms with Crippen LogP contribution in [0.3, 0.4) is 0 Å². The number of carboxylic acids is 1. The second-order valence-electron chi connectivity index (χ2n) is 8.50. The molecule has 0 heterocycles. The van der Waals surface area contributed by atoms with Crippen molar-refractivity contribution in [1.29, 1.82) is 0 Å². The molecule has 2 aromatic carbocycles. The third-order valence-corrected chi connectivity index (χ3v) is 6.07. The van der Waals surface area contributed by atoms with E-state index in [1.807, 2.05) is 48.5 Å². The highest BCUT2D eigenvalue weighted by Crippen LogP contribution is 2.44. The molecular formula is C24H24F2N2O5. The summed E-state index contributed by atoms with van der Waals surface area (Å²) in [5, 5.41) is 13.8. The van der Waals surface area contributed by atoms with Crippen LogP contribution in [-0.2, 0) is 14.3 Å². The van der Waals surface area contributed by atoms with Gasteiger partial charge in [0.05, 0.1) is 6.42 Å². The molecule has 0 spiro atoms. The van der Waals surface area contributed by atoms with E-state index in [-0.39, 0.29) is 37.8 Å². The molecule has 1 atom stereocenters. The minimum absolute atomic E-state index is 0.00306. The molecule has 2 aromatic rings. The van der Waals surface area contributed by atoms with Crippen molar-refractivity contribution in [3.63, 3.8) is 0 Å². The summed E-state index contributed by atoms with van der Waals surface area (Å²) in [6, 6.07) is 14.2. The minimum atomic E-state index is -2.71. The van der Waals surface area contributed by atoms with E-state index in [0.717, 1.165) is 22.3 Å². The summed E-state index contributed by atoms with van der Waals surface area (Å²) in [6.45, 7) is 0.00927. The maximum absolute atomic E-state index is 12.9. The van der Waals surface area contributed by atoms with Gasteiger partial charge in [-0.15, -0.1) is 0 Å². The van der Waals surface area contributed by atoms with Crippen molar-refractivity contribution >= 4 is 18.0 Å². The first kappa shape index (κ1) is 22.7. The van der Waals surface area contributed by atoms with Crippen molar-refractivity contribution in [1.82, 2.24) is 10.6 Å². The lowest BCUT2D eigenvalue weighted by atomic mass is 9.81. The number of nitrogens with one attached hydrogen (secondary N) is 2. The van der Waals surface area contributed by atoms with E-state index in [0.29, 0.717) is 0 Å². The summed E-state index contributed by atoms with van der Waals surface area (Å²) in [6.07, 6.45) is -2.22. The number of hydrogen-bond donors (Lipinski definition) is 3. The molecule has 3 N–H and O–H groups in total. The van der Waals surface area contributed by atoms with Gasteiger partial charge < -0.3 is 20.5 Å². The standard InChI is InChI=1S/C24H24F2N2O5/c25-24(26)10-14(11-24)12-27-22(31)20(9-21(29)30)28-23(32)33-13-19-17-7-3-1-5-15(17)16-6-2-4-8-18(16)19/h1-8,14,19-20H,9-13H2,(H,27,31)(H,28,32)(H,29,30). The number of fused-ring (bicyclic) bond motifs is 3. The van der Waals surface area contributed by atoms with Crippen LogP contribution in [0, 0.1) is 5.92 Å². The lowest BCUT2D eigenvalue weighted by Crippen LogP contribution is -2.50. The summed E-state index contributed by atoms with van der Waals surface area (Å²) in [5.41, 5.74) is 4.16. The Hall–Kier alpha value is -3.49. The zero-order valence-corrected chi connectivity index (χ0v) is 17.7. The fourth-order valence-electron chi connectivity index (χ4n) is 4.46. The molecule has 7 nitrogen and oxygen atoms in total. The molecule has 4 rings (SSSR count). The van der Waals surface area contributed by atoms with Gasteiger partial charge in [-0.1, -0.05) is 48.5 Å². The number of alkyl carbamates (subject to hydrolysis) is 1. The van der Waals surface area contributed by atoms with Crippen LogP contribution in [0.4, 0.5) is 13.6 Å². The molecule has 1 unspecified atom stereocenters. The Bertz CT molecular complexity index is 1020. The van der Waals surface area contributed by atoms with Crippen LogP contribution in [0.25, 0.3) is 11.1 Å². The van der Waals surface area contributed by atoms with Crippen molar-refractivity contribution < 1.29 is 33.0 Å². The number of carboxylic acid groups (broad SMARTS) is 1. The third-order valence-electron chi connectivity index (χ3n) is 6.07. The molecule has 2 aliphatic rings. The number of carbonyl (C=O) groups excluding carboxylic acids is 2. The number of hydrogen-bond acceptors (Lipinski definition) is 4. The van der Waals surface area contributed by atoms with Crippen LogP contribution in [-0.4, -0.2) is 48.2 Å². The molecule has 0 aliphatic heterocycles. The predicted molar refractivity (Wildman–Crippen MR) is 115 cm³/mol. The predicted octanol–water partition coefficient (Wildman–Crippen LogP) is 3.53. The van der Waals surface area contributed by atoms with Gasteiger partial charge in [0.2, 0.25) is 11.8 Å². The molecule has 9 heteroatoms. The molecular weight excluding hydrogens is 434 g/mol. The fourth-order valence-corrected chi connectivity index (χ4v) is 4.46. The SMILES string of the molecule is O=C(O)CC(NC(=O)OCC1c2ccccc2-c2ccccc21)C(=O)NCC1CC(F)(F)C1. The van der Waals surface area contributed by atoms with E-state index in [1.54, 1.807) is 0 Å². The van der Waals surface area contributed by atoms with Crippen LogP contribution in [0.15, 0.2) is 48.5 Å². The summed E-state index contributed by atoms with van der Waals surface area (Å²) in [7, 11) is 0. The zero-order chi connectivity index (χ0) is 23.6. The summed E-state index contributed by atoms with van der Waals surface area (Å²) < 4.78 is 31.3. The Kier molecular flexibility index (Phi) is 6.31. The zero-order valence-electron chi connectivity index (χ0n) is 17.7. The van der Waals surface area contributed by atoms with Crippen LogP contribution in [0.1, 0.15) is 36.3 Å². The van der Waals surface area contributed by atoms with Gasteiger partial charge >= 0.3 is 12.1 Å². The first-order valence-electron chi connectivity index (χ1n) is 10.7. The average molecular weight is 458 g/mol. The summed E-state index contributed by atoms with van der Waals surface area (Å²) in [5.74, 6) is -5.31. The Balaban J connectivity index is 1.35. The van der Waals surface area contributed by atoms with Gasteiger partial charge in [0, 0.05) is 25.3 Å². The molecule has 0 aromatic heterocycles. The normalized spacial score (nSPS) is 17.3. The minimum Gasteiger partial charge on any atom is -0.481 e. The quantitative estimate of drug-likeness (QED) is 0.561. The Morgan fingerprint density at radius 3 is 2.15 bits per heavy atom. The molecule has 1 fully saturated rings. The van der Waals surface area contributed by atoms with Gasteiger partial charge in [-0.05, 0) is 28.2 Å². The number of alkyl halides is 2. The van der Waals surface area contributed by atoms with E-state index in [1.165, 1.54) is 0 Å². The molecule has 1 saturated carbocycles. The van der Waals surface area contributed by atoms with E-state index >= 15 is 0 Å². The number of rotatable bonds is 8. The number of aliphatic carboxylic acids is 1. The van der Waals surface area contributed by atoms with Gasteiger partial charge in [0.15, 0.2) is 0 Å². The Morgan fingerprint density at radius 2 is 1.61 bits per heavy atom.